The van der Waals surface area contributed by atoms with E-state index in [0.29, 0.717) is 15.9 Å². The number of sulfonamides is 1. The molecule has 3 N–H and O–H groups in total. The predicted octanol–water partition coefficient (Wildman–Crippen LogP) is 1.40. The van der Waals surface area contributed by atoms with E-state index in [1.807, 2.05) is 6.26 Å². The minimum absolute atomic E-state index is 0.00718. The van der Waals surface area contributed by atoms with Crippen molar-refractivity contribution in [3.63, 3.8) is 0 Å². The summed E-state index contributed by atoms with van der Waals surface area (Å²) < 4.78 is 22.6. The topological polar surface area (TPSA) is 89.3 Å². The molecule has 8 heteroatoms. The first-order valence-corrected chi connectivity index (χ1v) is 8.19. The molecule has 1 aromatic carbocycles. The molecule has 1 amide bonds. The molecule has 0 saturated heterocycles. The van der Waals surface area contributed by atoms with Gasteiger partial charge in [-0.15, -0.1) is 0 Å². The maximum Gasteiger partial charge on any atom is 0.238 e. The van der Waals surface area contributed by atoms with E-state index >= 15 is 0 Å². The third-order valence-corrected chi connectivity index (χ3v) is 3.94. The molecule has 0 bridgehead atoms. The van der Waals surface area contributed by atoms with Crippen molar-refractivity contribution < 1.29 is 13.2 Å². The number of nitrogens with one attached hydrogen (secondary N) is 1. The number of carbonyl (C=O) groups excluding carboxylic acids is 1. The van der Waals surface area contributed by atoms with E-state index in [-0.39, 0.29) is 10.8 Å². The number of anilines is 1. The molecule has 0 saturated carbocycles. The first-order chi connectivity index (χ1) is 7.84. The molecular weight excluding hydrogens is 328 g/mol. The number of primary sulfonamides is 1. The Morgan fingerprint density at radius 1 is 1.53 bits per heavy atom. The molecule has 0 aliphatic rings. The Labute approximate surface area is 112 Å². The third-order valence-electron chi connectivity index (χ3n) is 1.82. The SMILES string of the molecule is CSCC(=O)Nc1ccc(S(N)(=O)=O)cc1Br. The highest BCUT2D eigenvalue weighted by molar-refractivity contribution is 9.10. The van der Waals surface area contributed by atoms with Crippen LogP contribution in [0.1, 0.15) is 0 Å². The van der Waals surface area contributed by atoms with Gasteiger partial charge in [0.2, 0.25) is 15.9 Å². The standard InChI is InChI=1S/C9H11BrN2O3S2/c1-16-5-9(13)12-8-3-2-6(4-7(8)10)17(11,14)15/h2-4H,5H2,1H3,(H,12,13)(H2,11,14,15). The Balaban J connectivity index is 2.95. The molecule has 0 atom stereocenters. The average molecular weight is 339 g/mol. The van der Waals surface area contributed by atoms with E-state index in [9.17, 15) is 13.2 Å². The van der Waals surface area contributed by atoms with Crippen molar-refractivity contribution in [1.29, 1.82) is 0 Å². The van der Waals surface area contributed by atoms with Crippen LogP contribution in [0, 0.1) is 0 Å². The molecule has 0 aromatic heterocycles. The lowest BCUT2D eigenvalue weighted by Gasteiger charge is -2.07. The number of halogens is 1. The summed E-state index contributed by atoms with van der Waals surface area (Å²) in [5.41, 5.74) is 0.511. The predicted molar refractivity (Wildman–Crippen MR) is 72.5 cm³/mol. The van der Waals surface area contributed by atoms with Crippen molar-refractivity contribution in [3.8, 4) is 0 Å². The monoisotopic (exact) mass is 338 g/mol. The highest BCUT2D eigenvalue weighted by atomic mass is 79.9. The molecule has 94 valence electrons. The Hall–Kier alpha value is -0.570. The molecular formula is C9H11BrN2O3S2. The van der Waals surface area contributed by atoms with Crippen LogP contribution in [0.15, 0.2) is 27.6 Å². The van der Waals surface area contributed by atoms with Crippen molar-refractivity contribution in [2.45, 2.75) is 4.90 Å². The highest BCUT2D eigenvalue weighted by Crippen LogP contribution is 2.25. The fraction of sp³-hybridized carbons (Fsp3) is 0.222. The molecule has 0 heterocycles. The molecule has 0 unspecified atom stereocenters. The van der Waals surface area contributed by atoms with Gasteiger partial charge in [-0.25, -0.2) is 13.6 Å². The number of thioether (sulfide) groups is 1. The van der Waals surface area contributed by atoms with Crippen molar-refractivity contribution in [1.82, 2.24) is 0 Å². The van der Waals surface area contributed by atoms with Crippen LogP contribution in [0.3, 0.4) is 0 Å². The largest absolute Gasteiger partial charge is 0.324 e. The zero-order chi connectivity index (χ0) is 13.1. The van der Waals surface area contributed by atoms with E-state index in [0.717, 1.165) is 0 Å². The van der Waals surface area contributed by atoms with E-state index in [2.05, 4.69) is 21.2 Å². The maximum absolute atomic E-state index is 11.4. The lowest BCUT2D eigenvalue weighted by molar-refractivity contribution is -0.113. The number of hydrogen-bond acceptors (Lipinski definition) is 4. The molecule has 0 radical (unpaired) electrons. The molecule has 0 spiro atoms. The second kappa shape index (κ2) is 5.85. The molecule has 1 rings (SSSR count). The fourth-order valence-corrected chi connectivity index (χ4v) is 2.60. The van der Waals surface area contributed by atoms with Crippen molar-refractivity contribution >= 4 is 49.3 Å². The number of amides is 1. The van der Waals surface area contributed by atoms with Gasteiger partial charge < -0.3 is 5.32 Å². The molecule has 0 fully saturated rings. The lowest BCUT2D eigenvalue weighted by Crippen LogP contribution is -2.15. The van der Waals surface area contributed by atoms with Gasteiger partial charge in [-0.05, 0) is 40.4 Å². The van der Waals surface area contributed by atoms with Gasteiger partial charge in [0.25, 0.3) is 0 Å². The number of hydrogen-bond donors (Lipinski definition) is 2. The van der Waals surface area contributed by atoms with Crippen LogP contribution >= 0.6 is 27.7 Å². The van der Waals surface area contributed by atoms with Crippen molar-refractivity contribution in [3.05, 3.63) is 22.7 Å². The van der Waals surface area contributed by atoms with E-state index in [1.165, 1.54) is 30.0 Å². The van der Waals surface area contributed by atoms with Crippen LogP contribution in [0.4, 0.5) is 5.69 Å². The maximum atomic E-state index is 11.4. The summed E-state index contributed by atoms with van der Waals surface area (Å²) in [7, 11) is -3.73. The first-order valence-electron chi connectivity index (χ1n) is 4.45. The summed E-state index contributed by atoms with van der Waals surface area (Å²) in [6.07, 6.45) is 1.82. The van der Waals surface area contributed by atoms with Gasteiger partial charge in [0.05, 0.1) is 16.3 Å². The first kappa shape index (κ1) is 14.5. The Kier molecular flexibility index (Phi) is 4.99. The highest BCUT2D eigenvalue weighted by Gasteiger charge is 2.11. The Bertz CT molecular complexity index is 531. The van der Waals surface area contributed by atoms with Crippen LogP contribution in [0.5, 0.6) is 0 Å². The van der Waals surface area contributed by atoms with Crippen LogP contribution < -0.4 is 10.5 Å². The zero-order valence-electron chi connectivity index (χ0n) is 8.94. The third kappa shape index (κ3) is 4.30. The molecule has 1 aromatic rings. The van der Waals surface area contributed by atoms with Crippen LogP contribution in [0.2, 0.25) is 0 Å². The molecule has 0 aliphatic carbocycles. The summed E-state index contributed by atoms with van der Waals surface area (Å²) in [4.78, 5) is 11.3. The van der Waals surface area contributed by atoms with Crippen molar-refractivity contribution in [2.24, 2.45) is 5.14 Å². The zero-order valence-corrected chi connectivity index (χ0v) is 12.2. The summed E-state index contributed by atoms with van der Waals surface area (Å²) in [6, 6.07) is 4.18. The van der Waals surface area contributed by atoms with E-state index < -0.39 is 10.0 Å². The number of benzene rings is 1. The van der Waals surface area contributed by atoms with Gasteiger partial charge in [0, 0.05) is 4.47 Å². The summed E-state index contributed by atoms with van der Waals surface area (Å²) in [5, 5.41) is 7.63. The minimum atomic E-state index is -3.73. The fourth-order valence-electron chi connectivity index (χ4n) is 1.09. The Morgan fingerprint density at radius 3 is 2.65 bits per heavy atom. The minimum Gasteiger partial charge on any atom is -0.324 e. The molecule has 5 nitrogen and oxygen atoms in total. The Morgan fingerprint density at radius 2 is 2.18 bits per heavy atom. The molecule has 0 aliphatic heterocycles. The normalized spacial score (nSPS) is 11.2. The van der Waals surface area contributed by atoms with E-state index in [1.54, 1.807) is 0 Å². The van der Waals surface area contributed by atoms with Crippen LogP contribution in [-0.4, -0.2) is 26.3 Å². The van der Waals surface area contributed by atoms with Gasteiger partial charge in [-0.1, -0.05) is 0 Å². The van der Waals surface area contributed by atoms with Gasteiger partial charge in [0.1, 0.15) is 0 Å². The summed E-state index contributed by atoms with van der Waals surface area (Å²) in [5.74, 6) is 0.185. The number of carbonyl (C=O) groups is 1. The lowest BCUT2D eigenvalue weighted by atomic mass is 10.3. The van der Waals surface area contributed by atoms with E-state index in [4.69, 9.17) is 5.14 Å². The van der Waals surface area contributed by atoms with Crippen molar-refractivity contribution in [2.75, 3.05) is 17.3 Å². The molecule has 17 heavy (non-hydrogen) atoms. The number of rotatable bonds is 4. The van der Waals surface area contributed by atoms with Gasteiger partial charge in [-0.2, -0.15) is 11.8 Å². The van der Waals surface area contributed by atoms with Crippen LogP contribution in [-0.2, 0) is 14.8 Å². The number of nitrogens with two attached hydrogens (primary N) is 1. The second-order valence-electron chi connectivity index (χ2n) is 3.17. The summed E-state index contributed by atoms with van der Waals surface area (Å²) >= 11 is 4.58. The summed E-state index contributed by atoms with van der Waals surface area (Å²) in [6.45, 7) is 0. The van der Waals surface area contributed by atoms with Gasteiger partial charge in [0.15, 0.2) is 0 Å². The second-order valence-corrected chi connectivity index (χ2v) is 6.45. The average Bonchev–Trinajstić information content (AvgIpc) is 2.20. The quantitative estimate of drug-likeness (QED) is 0.868. The van der Waals surface area contributed by atoms with Gasteiger partial charge in [-0.3, -0.25) is 4.79 Å². The van der Waals surface area contributed by atoms with Crippen LogP contribution in [0.25, 0.3) is 0 Å². The van der Waals surface area contributed by atoms with Gasteiger partial charge >= 0.3 is 0 Å². The smallest absolute Gasteiger partial charge is 0.238 e.